The van der Waals surface area contributed by atoms with Crippen molar-refractivity contribution in [3.05, 3.63) is 11.6 Å². The van der Waals surface area contributed by atoms with Gasteiger partial charge in [0.05, 0.1) is 6.10 Å². The molecule has 1 nitrogen and oxygen atoms in total. The van der Waals surface area contributed by atoms with Crippen LogP contribution in [0.25, 0.3) is 0 Å². The van der Waals surface area contributed by atoms with Gasteiger partial charge in [-0.3, -0.25) is 0 Å². The molecule has 3 fully saturated rings. The lowest BCUT2D eigenvalue weighted by atomic mass is 9.47. The van der Waals surface area contributed by atoms with E-state index in [-0.39, 0.29) is 6.10 Å². The number of unbranched alkanes of at least 4 members (excludes halogenated alkanes) is 1. The van der Waals surface area contributed by atoms with Gasteiger partial charge in [0.1, 0.15) is 0 Å². The first-order valence-electron chi connectivity index (χ1n) is 14.5. The van der Waals surface area contributed by atoms with Crippen LogP contribution < -0.4 is 0 Å². The highest BCUT2D eigenvalue weighted by Gasteiger charge is 2.59. The minimum atomic E-state index is -0.0766. The van der Waals surface area contributed by atoms with Crippen LogP contribution >= 0.6 is 0 Å². The molecule has 186 valence electrons. The lowest BCUT2D eigenvalue weighted by molar-refractivity contribution is -0.0573. The average molecular weight is 445 g/mol. The van der Waals surface area contributed by atoms with Crippen molar-refractivity contribution in [1.82, 2.24) is 0 Å². The summed E-state index contributed by atoms with van der Waals surface area (Å²) < 4.78 is 0. The molecular formula is C31H56O. The molecule has 0 aromatic carbocycles. The zero-order chi connectivity index (χ0) is 23.5. The minimum Gasteiger partial charge on any atom is -0.393 e. The molecule has 0 aromatic rings. The van der Waals surface area contributed by atoms with Gasteiger partial charge in [0, 0.05) is 0 Å². The van der Waals surface area contributed by atoms with Crippen molar-refractivity contribution in [2.45, 2.75) is 138 Å². The highest BCUT2D eigenvalue weighted by Crippen LogP contribution is 2.67. The zero-order valence-corrected chi connectivity index (χ0v) is 22.8. The highest BCUT2D eigenvalue weighted by atomic mass is 16.3. The summed E-state index contributed by atoms with van der Waals surface area (Å²) in [5.74, 6) is 5.46. The first-order chi connectivity index (χ1) is 15.2. The van der Waals surface area contributed by atoms with Gasteiger partial charge in [-0.2, -0.15) is 0 Å². The normalized spacial score (nSPS) is 41.7. The highest BCUT2D eigenvalue weighted by molar-refractivity contribution is 5.25. The van der Waals surface area contributed by atoms with Crippen LogP contribution in [0.2, 0.25) is 0 Å². The van der Waals surface area contributed by atoms with Gasteiger partial charge in [-0.15, -0.1) is 0 Å². The average Bonchev–Trinajstić information content (AvgIpc) is 3.11. The second-order valence-corrected chi connectivity index (χ2v) is 13.2. The van der Waals surface area contributed by atoms with Gasteiger partial charge in [-0.05, 0) is 97.7 Å². The maximum absolute atomic E-state index is 10.2. The predicted octanol–water partition coefficient (Wildman–Crippen LogP) is 9.20. The van der Waals surface area contributed by atoms with E-state index in [0.29, 0.717) is 10.8 Å². The third-order valence-corrected chi connectivity index (χ3v) is 10.8. The zero-order valence-electron chi connectivity index (χ0n) is 22.8. The second kappa shape index (κ2) is 11.0. The molecule has 0 bridgehead atoms. The van der Waals surface area contributed by atoms with Crippen LogP contribution in [0.5, 0.6) is 0 Å². The Morgan fingerprint density at radius 2 is 1.66 bits per heavy atom. The fraction of sp³-hybridized carbons (Fsp3) is 0.935. The first-order valence-corrected chi connectivity index (χ1v) is 14.5. The largest absolute Gasteiger partial charge is 0.393 e. The molecule has 0 aromatic heterocycles. The van der Waals surface area contributed by atoms with E-state index in [0.717, 1.165) is 48.3 Å². The molecule has 32 heavy (non-hydrogen) atoms. The maximum atomic E-state index is 10.2. The van der Waals surface area contributed by atoms with Crippen molar-refractivity contribution in [1.29, 1.82) is 0 Å². The Labute approximate surface area is 201 Å². The van der Waals surface area contributed by atoms with Crippen molar-refractivity contribution in [3.63, 3.8) is 0 Å². The quantitative estimate of drug-likeness (QED) is 0.405. The molecule has 4 aliphatic rings. The SMILES string of the molecule is CC(C)CCCC(C)C1CCC2C3CC=C4CC(O)CCC4(C)C3CCC12C.CCCC. The molecule has 0 heterocycles. The molecule has 0 aliphatic heterocycles. The van der Waals surface area contributed by atoms with Crippen LogP contribution in [-0.2, 0) is 0 Å². The van der Waals surface area contributed by atoms with Crippen molar-refractivity contribution in [2.24, 2.45) is 46.3 Å². The summed E-state index contributed by atoms with van der Waals surface area (Å²) >= 11 is 0. The van der Waals surface area contributed by atoms with Gasteiger partial charge in [-0.1, -0.05) is 92.2 Å². The predicted molar refractivity (Wildman–Crippen MR) is 140 cm³/mol. The van der Waals surface area contributed by atoms with Crippen molar-refractivity contribution < 1.29 is 5.11 Å². The first kappa shape index (κ1) is 26.3. The summed E-state index contributed by atoms with van der Waals surface area (Å²) in [5.41, 5.74) is 2.60. The van der Waals surface area contributed by atoms with Gasteiger partial charge in [0.2, 0.25) is 0 Å². The van der Waals surface area contributed by atoms with Crippen LogP contribution in [0.4, 0.5) is 0 Å². The molecule has 3 saturated carbocycles. The number of rotatable bonds is 6. The summed E-state index contributed by atoms with van der Waals surface area (Å²) in [6.07, 6.45) is 19.8. The Kier molecular flexibility index (Phi) is 9.01. The lowest BCUT2D eigenvalue weighted by Crippen LogP contribution is -2.50. The number of aliphatic hydroxyl groups excluding tert-OH is 1. The van der Waals surface area contributed by atoms with E-state index in [1.807, 2.05) is 0 Å². The van der Waals surface area contributed by atoms with E-state index in [1.165, 1.54) is 70.6 Å². The Morgan fingerprint density at radius 1 is 0.938 bits per heavy atom. The van der Waals surface area contributed by atoms with E-state index in [2.05, 4.69) is 54.5 Å². The fourth-order valence-electron chi connectivity index (χ4n) is 8.67. The number of hydrogen-bond acceptors (Lipinski definition) is 1. The summed E-state index contributed by atoms with van der Waals surface area (Å²) in [6, 6.07) is 0. The van der Waals surface area contributed by atoms with Gasteiger partial charge >= 0.3 is 0 Å². The Balaban J connectivity index is 0.000000668. The van der Waals surface area contributed by atoms with E-state index in [9.17, 15) is 5.11 Å². The van der Waals surface area contributed by atoms with Gasteiger partial charge in [-0.25, -0.2) is 0 Å². The van der Waals surface area contributed by atoms with E-state index in [1.54, 1.807) is 5.57 Å². The van der Waals surface area contributed by atoms with Crippen molar-refractivity contribution in [3.8, 4) is 0 Å². The van der Waals surface area contributed by atoms with Gasteiger partial charge < -0.3 is 5.11 Å². The third-order valence-electron chi connectivity index (χ3n) is 10.8. The molecule has 1 N–H and O–H groups in total. The third kappa shape index (κ3) is 5.18. The molecule has 0 radical (unpaired) electrons. The molecule has 4 aliphatic carbocycles. The standard InChI is InChI=1S/C27H46O.C4H10/c1-18(2)7-6-8-19(3)23-11-12-24-22-10-9-20-17-21(28)13-15-26(20,4)25(22)14-16-27(23,24)5;1-3-4-2/h9,18-19,21-25,28H,6-8,10-17H2,1-5H3;3-4H2,1-2H3. The Hall–Kier alpha value is -0.300. The summed E-state index contributed by atoms with van der Waals surface area (Å²) in [7, 11) is 0. The topological polar surface area (TPSA) is 20.2 Å². The summed E-state index contributed by atoms with van der Waals surface area (Å²) in [4.78, 5) is 0. The van der Waals surface area contributed by atoms with E-state index in [4.69, 9.17) is 0 Å². The second-order valence-electron chi connectivity index (χ2n) is 13.2. The van der Waals surface area contributed by atoms with Gasteiger partial charge in [0.15, 0.2) is 0 Å². The monoisotopic (exact) mass is 444 g/mol. The molecule has 8 unspecified atom stereocenters. The summed E-state index contributed by atoms with van der Waals surface area (Å²) in [5, 5.41) is 10.2. The van der Waals surface area contributed by atoms with Crippen LogP contribution in [0, 0.1) is 46.3 Å². The molecule has 0 saturated heterocycles. The van der Waals surface area contributed by atoms with E-state index >= 15 is 0 Å². The lowest BCUT2D eigenvalue weighted by Gasteiger charge is -2.58. The fourth-order valence-corrected chi connectivity index (χ4v) is 8.67. The number of allylic oxidation sites excluding steroid dienone is 1. The minimum absolute atomic E-state index is 0.0766. The Morgan fingerprint density at radius 3 is 2.31 bits per heavy atom. The number of aliphatic hydroxyl groups is 1. The number of fused-ring (bicyclic) bond motifs is 5. The molecule has 4 rings (SSSR count). The van der Waals surface area contributed by atoms with E-state index < -0.39 is 0 Å². The molecular weight excluding hydrogens is 388 g/mol. The Bertz CT molecular complexity index is 618. The maximum Gasteiger partial charge on any atom is 0.0577 e. The molecule has 1 heteroatoms. The summed E-state index contributed by atoms with van der Waals surface area (Å²) in [6.45, 7) is 16.9. The van der Waals surface area contributed by atoms with Crippen molar-refractivity contribution >= 4 is 0 Å². The smallest absolute Gasteiger partial charge is 0.0577 e. The number of hydrogen-bond donors (Lipinski definition) is 1. The molecule has 8 atom stereocenters. The van der Waals surface area contributed by atoms with Gasteiger partial charge in [0.25, 0.3) is 0 Å². The van der Waals surface area contributed by atoms with Crippen LogP contribution in [0.1, 0.15) is 132 Å². The molecule has 0 spiro atoms. The van der Waals surface area contributed by atoms with Crippen molar-refractivity contribution in [2.75, 3.05) is 0 Å². The van der Waals surface area contributed by atoms with Crippen LogP contribution in [0.15, 0.2) is 11.6 Å². The molecule has 0 amide bonds. The van der Waals surface area contributed by atoms with Crippen LogP contribution in [-0.4, -0.2) is 11.2 Å². The van der Waals surface area contributed by atoms with Crippen LogP contribution in [0.3, 0.4) is 0 Å².